The topological polar surface area (TPSA) is 87.3 Å². The number of carbonyl (C=O) groups excluding carboxylic acids is 3. The van der Waals surface area contributed by atoms with Crippen molar-refractivity contribution < 1.29 is 14.4 Å². The predicted molar refractivity (Wildman–Crippen MR) is 137 cm³/mol. The quantitative estimate of drug-likeness (QED) is 0.345. The van der Waals surface area contributed by atoms with Crippen molar-refractivity contribution in [3.05, 3.63) is 131 Å². The molecule has 0 saturated carbocycles. The summed E-state index contributed by atoms with van der Waals surface area (Å²) < 4.78 is 0. The Kier molecular flexibility index (Phi) is 7.33. The zero-order valence-electron chi connectivity index (χ0n) is 19.2. The van der Waals surface area contributed by atoms with Crippen molar-refractivity contribution in [2.24, 2.45) is 0 Å². The van der Waals surface area contributed by atoms with Crippen molar-refractivity contribution in [3.63, 3.8) is 0 Å². The fraction of sp³-hybridized carbons (Fsp3) is 0.0690. The molecule has 6 nitrogen and oxygen atoms in total. The van der Waals surface area contributed by atoms with Gasteiger partial charge < -0.3 is 16.0 Å². The van der Waals surface area contributed by atoms with Crippen LogP contribution in [0.1, 0.15) is 37.9 Å². The van der Waals surface area contributed by atoms with Crippen LogP contribution in [0.3, 0.4) is 0 Å². The standard InChI is InChI=1S/C29H25N3O3/c1-20-17-18-23(19-25(20)31-27(33)22-13-7-3-8-14-22)28(34)32-26(21-11-5-2-6-12-21)29(35)30-24-15-9-4-10-16-24/h2-19,26H,1H3,(H,30,35)(H,31,33)(H,32,34). The van der Waals surface area contributed by atoms with E-state index in [0.29, 0.717) is 28.1 Å². The Labute approximate surface area is 204 Å². The van der Waals surface area contributed by atoms with Crippen LogP contribution >= 0.6 is 0 Å². The normalized spacial score (nSPS) is 11.2. The average molecular weight is 464 g/mol. The van der Waals surface area contributed by atoms with E-state index >= 15 is 0 Å². The highest BCUT2D eigenvalue weighted by molar-refractivity contribution is 6.06. The number of rotatable bonds is 7. The molecule has 4 aromatic rings. The van der Waals surface area contributed by atoms with Crippen LogP contribution in [0.25, 0.3) is 0 Å². The van der Waals surface area contributed by atoms with Crippen LogP contribution in [-0.2, 0) is 4.79 Å². The second-order valence-electron chi connectivity index (χ2n) is 8.02. The van der Waals surface area contributed by atoms with Gasteiger partial charge in [0.2, 0.25) is 0 Å². The first-order valence-corrected chi connectivity index (χ1v) is 11.2. The molecule has 0 spiro atoms. The molecule has 4 aromatic carbocycles. The number of benzene rings is 4. The van der Waals surface area contributed by atoms with E-state index < -0.39 is 11.9 Å². The molecule has 1 atom stereocenters. The summed E-state index contributed by atoms with van der Waals surface area (Å²) in [6.07, 6.45) is 0. The van der Waals surface area contributed by atoms with Crippen molar-refractivity contribution in [1.29, 1.82) is 0 Å². The lowest BCUT2D eigenvalue weighted by Crippen LogP contribution is -2.37. The van der Waals surface area contributed by atoms with Gasteiger partial charge in [0.25, 0.3) is 17.7 Å². The SMILES string of the molecule is Cc1ccc(C(=O)NC(C(=O)Nc2ccccc2)c2ccccc2)cc1NC(=O)c1ccccc1. The first-order chi connectivity index (χ1) is 17.0. The molecule has 0 aliphatic heterocycles. The number of hydrogen-bond donors (Lipinski definition) is 3. The highest BCUT2D eigenvalue weighted by Crippen LogP contribution is 2.21. The molecule has 6 heteroatoms. The molecule has 4 rings (SSSR count). The molecule has 0 fully saturated rings. The fourth-order valence-electron chi connectivity index (χ4n) is 3.58. The van der Waals surface area contributed by atoms with E-state index in [1.807, 2.05) is 49.4 Å². The minimum atomic E-state index is -0.910. The molecule has 0 bridgehead atoms. The predicted octanol–water partition coefficient (Wildman–Crippen LogP) is 5.36. The summed E-state index contributed by atoms with van der Waals surface area (Å²) in [6.45, 7) is 1.85. The first-order valence-electron chi connectivity index (χ1n) is 11.2. The van der Waals surface area contributed by atoms with E-state index in [1.165, 1.54) is 0 Å². The molecule has 35 heavy (non-hydrogen) atoms. The number of hydrogen-bond acceptors (Lipinski definition) is 3. The summed E-state index contributed by atoms with van der Waals surface area (Å²) in [5.74, 6) is -1.06. The van der Waals surface area contributed by atoms with Crippen LogP contribution in [0.4, 0.5) is 11.4 Å². The van der Waals surface area contributed by atoms with E-state index in [0.717, 1.165) is 5.56 Å². The van der Waals surface area contributed by atoms with Gasteiger partial charge in [-0.25, -0.2) is 0 Å². The number of aryl methyl sites for hydroxylation is 1. The van der Waals surface area contributed by atoms with Gasteiger partial charge >= 0.3 is 0 Å². The molecule has 3 amide bonds. The minimum Gasteiger partial charge on any atom is -0.336 e. The van der Waals surface area contributed by atoms with Gasteiger partial charge in [-0.3, -0.25) is 14.4 Å². The van der Waals surface area contributed by atoms with Gasteiger partial charge in [0.15, 0.2) is 0 Å². The first kappa shape index (κ1) is 23.4. The summed E-state index contributed by atoms with van der Waals surface area (Å²) >= 11 is 0. The fourth-order valence-corrected chi connectivity index (χ4v) is 3.58. The highest BCUT2D eigenvalue weighted by Gasteiger charge is 2.24. The van der Waals surface area contributed by atoms with Gasteiger partial charge in [0, 0.05) is 22.5 Å². The molecule has 174 valence electrons. The zero-order chi connectivity index (χ0) is 24.6. The van der Waals surface area contributed by atoms with Crippen molar-refractivity contribution in [2.45, 2.75) is 13.0 Å². The number of carbonyl (C=O) groups is 3. The third-order valence-corrected chi connectivity index (χ3v) is 5.50. The van der Waals surface area contributed by atoms with E-state index in [2.05, 4.69) is 16.0 Å². The lowest BCUT2D eigenvalue weighted by molar-refractivity contribution is -0.118. The maximum Gasteiger partial charge on any atom is 0.255 e. The van der Waals surface area contributed by atoms with E-state index in [1.54, 1.807) is 66.7 Å². The molecule has 0 saturated heterocycles. The lowest BCUT2D eigenvalue weighted by Gasteiger charge is -2.19. The molecular weight excluding hydrogens is 438 g/mol. The van der Waals surface area contributed by atoms with Crippen LogP contribution in [0.15, 0.2) is 109 Å². The zero-order valence-corrected chi connectivity index (χ0v) is 19.2. The van der Waals surface area contributed by atoms with Gasteiger partial charge in [-0.1, -0.05) is 72.8 Å². The van der Waals surface area contributed by atoms with Crippen LogP contribution in [-0.4, -0.2) is 17.7 Å². The van der Waals surface area contributed by atoms with Gasteiger partial charge in [-0.15, -0.1) is 0 Å². The molecular formula is C29H25N3O3. The van der Waals surface area contributed by atoms with Crippen LogP contribution in [0, 0.1) is 6.92 Å². The van der Waals surface area contributed by atoms with E-state index in [-0.39, 0.29) is 11.8 Å². The number of nitrogens with one attached hydrogen (secondary N) is 3. The molecule has 1 unspecified atom stereocenters. The van der Waals surface area contributed by atoms with Gasteiger partial charge in [0.05, 0.1) is 0 Å². The van der Waals surface area contributed by atoms with Crippen molar-refractivity contribution in [3.8, 4) is 0 Å². The largest absolute Gasteiger partial charge is 0.336 e. The summed E-state index contributed by atoms with van der Waals surface area (Å²) in [5.41, 5.74) is 3.47. The Bertz CT molecular complexity index is 1320. The lowest BCUT2D eigenvalue weighted by atomic mass is 10.0. The Balaban J connectivity index is 1.55. The van der Waals surface area contributed by atoms with E-state index in [9.17, 15) is 14.4 Å². The van der Waals surface area contributed by atoms with Crippen LogP contribution in [0.5, 0.6) is 0 Å². The smallest absolute Gasteiger partial charge is 0.255 e. The third kappa shape index (κ3) is 6.00. The Morgan fingerprint density at radius 2 is 1.23 bits per heavy atom. The Hall–Kier alpha value is -4.71. The summed E-state index contributed by atoms with van der Waals surface area (Å²) in [5, 5.41) is 8.55. The Morgan fingerprint density at radius 3 is 1.89 bits per heavy atom. The summed E-state index contributed by atoms with van der Waals surface area (Å²) in [6, 6.07) is 31.1. The average Bonchev–Trinajstić information content (AvgIpc) is 2.90. The number of amides is 3. The second kappa shape index (κ2) is 10.9. The van der Waals surface area contributed by atoms with Crippen molar-refractivity contribution >= 4 is 29.1 Å². The van der Waals surface area contributed by atoms with E-state index in [4.69, 9.17) is 0 Å². The highest BCUT2D eigenvalue weighted by atomic mass is 16.2. The van der Waals surface area contributed by atoms with Crippen LogP contribution in [0.2, 0.25) is 0 Å². The molecule has 0 aliphatic rings. The minimum absolute atomic E-state index is 0.268. The van der Waals surface area contributed by atoms with Gasteiger partial charge in [0.1, 0.15) is 6.04 Å². The molecule has 0 radical (unpaired) electrons. The molecule has 0 heterocycles. The number of anilines is 2. The van der Waals surface area contributed by atoms with Gasteiger partial charge in [-0.2, -0.15) is 0 Å². The van der Waals surface area contributed by atoms with Crippen molar-refractivity contribution in [2.75, 3.05) is 10.6 Å². The third-order valence-electron chi connectivity index (χ3n) is 5.50. The Morgan fingerprint density at radius 1 is 0.629 bits per heavy atom. The van der Waals surface area contributed by atoms with Gasteiger partial charge in [-0.05, 0) is 54.4 Å². The second-order valence-corrected chi connectivity index (χ2v) is 8.02. The summed E-state index contributed by atoms with van der Waals surface area (Å²) in [7, 11) is 0. The molecule has 0 aromatic heterocycles. The monoisotopic (exact) mass is 463 g/mol. The summed E-state index contributed by atoms with van der Waals surface area (Å²) in [4.78, 5) is 38.9. The number of para-hydroxylation sites is 1. The van der Waals surface area contributed by atoms with Crippen LogP contribution < -0.4 is 16.0 Å². The maximum absolute atomic E-state index is 13.2. The maximum atomic E-state index is 13.2. The molecule has 0 aliphatic carbocycles. The van der Waals surface area contributed by atoms with Crippen molar-refractivity contribution in [1.82, 2.24) is 5.32 Å². The molecule has 3 N–H and O–H groups in total.